The minimum absolute atomic E-state index is 0.00876. The Morgan fingerprint density at radius 3 is 2.69 bits per heavy atom. The van der Waals surface area contributed by atoms with Crippen LogP contribution in [0, 0.1) is 0 Å². The summed E-state index contributed by atoms with van der Waals surface area (Å²) in [6, 6.07) is 16.1. The third kappa shape index (κ3) is 3.49. The number of amides is 1. The van der Waals surface area contributed by atoms with Gasteiger partial charge in [0.2, 0.25) is 0 Å². The molecule has 5 heteroatoms. The number of likely N-dealkylation sites (N-methyl/N-ethyl adjacent to an activating group) is 1. The third-order valence-electron chi connectivity index (χ3n) is 4.73. The van der Waals surface area contributed by atoms with Crippen molar-refractivity contribution >= 4 is 16.8 Å². The summed E-state index contributed by atoms with van der Waals surface area (Å²) in [6.07, 6.45) is 1.89. The molecule has 1 N–H and O–H groups in total. The number of aromatic amines is 1. The lowest BCUT2D eigenvalue weighted by molar-refractivity contribution is -0.0933. The predicted molar refractivity (Wildman–Crippen MR) is 101 cm³/mol. The van der Waals surface area contributed by atoms with Crippen molar-refractivity contribution in [1.82, 2.24) is 9.88 Å². The van der Waals surface area contributed by atoms with Gasteiger partial charge in [0.25, 0.3) is 5.91 Å². The molecule has 0 bridgehead atoms. The van der Waals surface area contributed by atoms with Gasteiger partial charge < -0.3 is 19.4 Å². The largest absolute Gasteiger partial charge is 0.376 e. The number of aromatic nitrogens is 1. The number of benzene rings is 2. The Morgan fingerprint density at radius 2 is 1.92 bits per heavy atom. The highest BCUT2D eigenvalue weighted by Gasteiger charge is 2.20. The number of fused-ring (bicyclic) bond motifs is 1. The van der Waals surface area contributed by atoms with E-state index in [0.717, 1.165) is 16.6 Å². The smallest absolute Gasteiger partial charge is 0.253 e. The summed E-state index contributed by atoms with van der Waals surface area (Å²) in [4.78, 5) is 17.6. The Morgan fingerprint density at radius 1 is 1.12 bits per heavy atom. The van der Waals surface area contributed by atoms with Gasteiger partial charge in [0, 0.05) is 30.9 Å². The van der Waals surface area contributed by atoms with Crippen LogP contribution < -0.4 is 0 Å². The summed E-state index contributed by atoms with van der Waals surface area (Å²) in [5.41, 5.74) is 4.00. The highest BCUT2D eigenvalue weighted by atomic mass is 16.6. The van der Waals surface area contributed by atoms with Crippen LogP contribution in [0.15, 0.2) is 54.7 Å². The van der Waals surface area contributed by atoms with Crippen LogP contribution in [0.1, 0.15) is 10.4 Å². The van der Waals surface area contributed by atoms with Crippen LogP contribution in [0.25, 0.3) is 22.0 Å². The van der Waals surface area contributed by atoms with E-state index < -0.39 is 0 Å². The number of rotatable bonds is 4. The lowest BCUT2D eigenvalue weighted by atomic mass is 10.0. The van der Waals surface area contributed by atoms with E-state index in [1.807, 2.05) is 30.5 Å². The first-order valence-corrected chi connectivity index (χ1v) is 8.83. The Bertz CT molecular complexity index is 895. The van der Waals surface area contributed by atoms with Gasteiger partial charge >= 0.3 is 0 Å². The monoisotopic (exact) mass is 350 g/mol. The van der Waals surface area contributed by atoms with Crippen molar-refractivity contribution in [3.8, 4) is 11.1 Å². The number of nitrogens with zero attached hydrogens (tertiary/aromatic N) is 1. The quantitative estimate of drug-likeness (QED) is 0.785. The molecule has 1 fully saturated rings. The zero-order chi connectivity index (χ0) is 17.9. The van der Waals surface area contributed by atoms with E-state index in [9.17, 15) is 4.79 Å². The fourth-order valence-electron chi connectivity index (χ4n) is 3.28. The predicted octanol–water partition coefficient (Wildman–Crippen LogP) is 3.32. The van der Waals surface area contributed by atoms with Gasteiger partial charge in [-0.3, -0.25) is 4.79 Å². The van der Waals surface area contributed by atoms with Crippen LogP contribution in [0.2, 0.25) is 0 Å². The van der Waals surface area contributed by atoms with Crippen LogP contribution in [0.4, 0.5) is 0 Å². The zero-order valence-corrected chi connectivity index (χ0v) is 14.8. The first-order valence-electron chi connectivity index (χ1n) is 8.83. The van der Waals surface area contributed by atoms with Gasteiger partial charge in [0.1, 0.15) is 0 Å². The molecular weight excluding hydrogens is 328 g/mol. The van der Waals surface area contributed by atoms with E-state index in [-0.39, 0.29) is 12.0 Å². The van der Waals surface area contributed by atoms with Gasteiger partial charge in [-0.1, -0.05) is 24.3 Å². The van der Waals surface area contributed by atoms with Crippen LogP contribution in [-0.4, -0.2) is 55.3 Å². The van der Waals surface area contributed by atoms with E-state index in [0.29, 0.717) is 31.9 Å². The summed E-state index contributed by atoms with van der Waals surface area (Å²) in [7, 11) is 1.80. The normalized spacial score (nSPS) is 17.3. The number of carbonyl (C=O) groups is 1. The lowest BCUT2D eigenvalue weighted by Crippen LogP contribution is -2.40. The van der Waals surface area contributed by atoms with Gasteiger partial charge in [0.15, 0.2) is 0 Å². The summed E-state index contributed by atoms with van der Waals surface area (Å²) < 4.78 is 11.0. The summed E-state index contributed by atoms with van der Waals surface area (Å²) in [5, 5.41) is 1.19. The van der Waals surface area contributed by atoms with Crippen molar-refractivity contribution in [2.75, 3.05) is 33.4 Å². The van der Waals surface area contributed by atoms with Gasteiger partial charge in [-0.15, -0.1) is 0 Å². The molecule has 1 aliphatic rings. The molecule has 5 nitrogen and oxygen atoms in total. The molecule has 1 saturated heterocycles. The minimum atomic E-state index is -0.0514. The molecule has 26 heavy (non-hydrogen) atoms. The first kappa shape index (κ1) is 16.8. The number of hydrogen-bond donors (Lipinski definition) is 1. The van der Waals surface area contributed by atoms with E-state index in [1.54, 1.807) is 11.9 Å². The maximum atomic E-state index is 12.6. The van der Waals surface area contributed by atoms with Crippen LogP contribution in [-0.2, 0) is 9.47 Å². The van der Waals surface area contributed by atoms with Crippen molar-refractivity contribution in [2.24, 2.45) is 0 Å². The van der Waals surface area contributed by atoms with Gasteiger partial charge in [-0.25, -0.2) is 0 Å². The van der Waals surface area contributed by atoms with Gasteiger partial charge in [-0.05, 0) is 40.8 Å². The topological polar surface area (TPSA) is 54.6 Å². The van der Waals surface area contributed by atoms with Crippen molar-refractivity contribution in [1.29, 1.82) is 0 Å². The zero-order valence-electron chi connectivity index (χ0n) is 14.8. The Balaban J connectivity index is 1.46. The molecular formula is C21H22N2O3. The Kier molecular flexibility index (Phi) is 4.73. The average Bonchev–Trinajstić information content (AvgIpc) is 3.16. The van der Waals surface area contributed by atoms with E-state index in [4.69, 9.17) is 9.47 Å². The molecule has 2 heterocycles. The second-order valence-corrected chi connectivity index (χ2v) is 6.61. The number of carbonyl (C=O) groups excluding carboxylic acids is 1. The Hall–Kier alpha value is -2.63. The minimum Gasteiger partial charge on any atom is -0.376 e. The Labute approximate surface area is 152 Å². The van der Waals surface area contributed by atoms with Gasteiger partial charge in [0.05, 0.1) is 25.9 Å². The fraction of sp³-hybridized carbons (Fsp3) is 0.286. The van der Waals surface area contributed by atoms with Crippen molar-refractivity contribution in [2.45, 2.75) is 6.10 Å². The molecule has 134 valence electrons. The summed E-state index contributed by atoms with van der Waals surface area (Å²) in [6.45, 7) is 2.29. The molecule has 1 aromatic heterocycles. The van der Waals surface area contributed by atoms with E-state index in [1.165, 1.54) is 5.39 Å². The molecule has 1 atom stereocenters. The van der Waals surface area contributed by atoms with Crippen LogP contribution in [0.3, 0.4) is 0 Å². The molecule has 2 aromatic carbocycles. The van der Waals surface area contributed by atoms with Crippen LogP contribution >= 0.6 is 0 Å². The standard InChI is InChI=1S/C21H22N2O3/c1-23(13-19-14-25-10-11-26-19)21(24)17-5-2-15(3-6-17)18-7-4-16-8-9-22-20(16)12-18/h2-9,12,19,22H,10-11,13-14H2,1H3/t19-/m1/s1. The highest BCUT2D eigenvalue weighted by Crippen LogP contribution is 2.24. The van der Waals surface area contributed by atoms with Crippen molar-refractivity contribution < 1.29 is 14.3 Å². The second kappa shape index (κ2) is 7.32. The van der Waals surface area contributed by atoms with Gasteiger partial charge in [-0.2, -0.15) is 0 Å². The molecule has 1 amide bonds. The molecule has 0 spiro atoms. The first-order chi connectivity index (χ1) is 12.7. The molecule has 0 radical (unpaired) electrons. The molecule has 1 aliphatic heterocycles. The maximum absolute atomic E-state index is 12.6. The van der Waals surface area contributed by atoms with Crippen LogP contribution in [0.5, 0.6) is 0 Å². The number of hydrogen-bond acceptors (Lipinski definition) is 3. The van der Waals surface area contributed by atoms with Crippen molar-refractivity contribution in [3.63, 3.8) is 0 Å². The van der Waals surface area contributed by atoms with E-state index in [2.05, 4.69) is 29.2 Å². The summed E-state index contributed by atoms with van der Waals surface area (Å²) >= 11 is 0. The third-order valence-corrected chi connectivity index (χ3v) is 4.73. The molecule has 4 rings (SSSR count). The summed E-state index contributed by atoms with van der Waals surface area (Å²) in [5.74, 6) is -0.00876. The number of ether oxygens (including phenoxy) is 2. The van der Waals surface area contributed by atoms with E-state index >= 15 is 0 Å². The molecule has 0 saturated carbocycles. The molecule has 0 aliphatic carbocycles. The number of H-pyrrole nitrogens is 1. The highest BCUT2D eigenvalue weighted by molar-refractivity contribution is 5.94. The average molecular weight is 350 g/mol. The second-order valence-electron chi connectivity index (χ2n) is 6.61. The number of nitrogens with one attached hydrogen (secondary N) is 1. The van der Waals surface area contributed by atoms with Crippen molar-refractivity contribution in [3.05, 3.63) is 60.3 Å². The SMILES string of the molecule is CN(C[C@@H]1COCCO1)C(=O)c1ccc(-c2ccc3cc[nH]c3c2)cc1. The molecule has 0 unspecified atom stereocenters. The fourth-order valence-corrected chi connectivity index (χ4v) is 3.28. The maximum Gasteiger partial charge on any atom is 0.253 e. The molecule has 3 aromatic rings. The lowest BCUT2D eigenvalue weighted by Gasteiger charge is -2.27.